The van der Waals surface area contributed by atoms with Crippen LogP contribution >= 0.6 is 11.3 Å². The Hall–Kier alpha value is -2.08. The molecule has 2 heterocycles. The Morgan fingerprint density at radius 1 is 1.26 bits per heavy atom. The van der Waals surface area contributed by atoms with Crippen molar-refractivity contribution in [3.05, 3.63) is 46.4 Å². The zero-order valence-corrected chi connectivity index (χ0v) is 17.2. The molecule has 146 valence electrons. The number of benzene rings is 1. The highest BCUT2D eigenvalue weighted by molar-refractivity contribution is 7.09. The molecule has 0 atom stereocenters. The summed E-state index contributed by atoms with van der Waals surface area (Å²) in [5.41, 5.74) is 1.16. The van der Waals surface area contributed by atoms with Crippen LogP contribution in [-0.4, -0.2) is 48.1 Å². The highest BCUT2D eigenvalue weighted by Gasteiger charge is 2.22. The van der Waals surface area contributed by atoms with Gasteiger partial charge < -0.3 is 15.0 Å². The molecule has 2 aromatic rings. The smallest absolute Gasteiger partial charge is 0.193 e. The number of nitrogens with one attached hydrogen (secondary N) is 1. The van der Waals surface area contributed by atoms with Gasteiger partial charge in [-0.2, -0.15) is 0 Å². The summed E-state index contributed by atoms with van der Waals surface area (Å²) in [7, 11) is 0. The Kier molecular flexibility index (Phi) is 7.51. The molecular weight excluding hydrogens is 356 g/mol. The summed E-state index contributed by atoms with van der Waals surface area (Å²) in [6, 6.07) is 10.1. The van der Waals surface area contributed by atoms with Gasteiger partial charge in [0.15, 0.2) is 5.96 Å². The van der Waals surface area contributed by atoms with Gasteiger partial charge >= 0.3 is 0 Å². The van der Waals surface area contributed by atoms with Crippen LogP contribution in [0.2, 0.25) is 0 Å². The summed E-state index contributed by atoms with van der Waals surface area (Å²) in [4.78, 5) is 11.8. The lowest BCUT2D eigenvalue weighted by molar-refractivity contribution is 0.129. The molecule has 3 rings (SSSR count). The van der Waals surface area contributed by atoms with Gasteiger partial charge in [-0.05, 0) is 25.5 Å². The van der Waals surface area contributed by atoms with Crippen LogP contribution in [-0.2, 0) is 12.8 Å². The summed E-state index contributed by atoms with van der Waals surface area (Å²) >= 11 is 1.75. The molecule has 0 amide bonds. The number of aliphatic imine (C=N–C) groups is 1. The molecule has 1 N–H and O–H groups in total. The second-order valence-corrected chi connectivity index (χ2v) is 7.63. The normalized spacial score (nSPS) is 15.8. The second kappa shape index (κ2) is 10.3. The summed E-state index contributed by atoms with van der Waals surface area (Å²) < 4.78 is 6.10. The number of para-hydroxylation sites is 1. The number of thiazole rings is 1. The highest BCUT2D eigenvalue weighted by Crippen LogP contribution is 2.18. The Balaban J connectivity index is 1.49. The lowest BCUT2D eigenvalue weighted by Gasteiger charge is -2.34. The van der Waals surface area contributed by atoms with E-state index in [1.165, 1.54) is 5.01 Å². The monoisotopic (exact) mass is 386 g/mol. The molecule has 0 aliphatic carbocycles. The fourth-order valence-corrected chi connectivity index (χ4v) is 3.98. The average Bonchev–Trinajstić information content (AvgIpc) is 3.17. The van der Waals surface area contributed by atoms with E-state index in [9.17, 15) is 0 Å². The van der Waals surface area contributed by atoms with Gasteiger partial charge in [-0.25, -0.2) is 4.98 Å². The first-order valence-electron chi connectivity index (χ1n) is 9.96. The van der Waals surface area contributed by atoms with Crippen LogP contribution in [0.3, 0.4) is 0 Å². The predicted octanol–water partition coefficient (Wildman–Crippen LogP) is 3.76. The van der Waals surface area contributed by atoms with E-state index in [1.807, 2.05) is 30.3 Å². The van der Waals surface area contributed by atoms with E-state index in [-0.39, 0.29) is 6.10 Å². The largest absolute Gasteiger partial charge is 0.490 e. The predicted molar refractivity (Wildman–Crippen MR) is 113 cm³/mol. The zero-order valence-electron chi connectivity index (χ0n) is 16.4. The lowest BCUT2D eigenvalue weighted by atomic mass is 10.1. The van der Waals surface area contributed by atoms with Crippen LogP contribution in [0, 0.1) is 0 Å². The van der Waals surface area contributed by atoms with Gasteiger partial charge in [-0.3, -0.25) is 4.99 Å². The van der Waals surface area contributed by atoms with Crippen LogP contribution < -0.4 is 10.1 Å². The molecule has 5 nitrogen and oxygen atoms in total. The maximum Gasteiger partial charge on any atom is 0.193 e. The summed E-state index contributed by atoms with van der Waals surface area (Å²) in [6.07, 6.45) is 4.24. The minimum atomic E-state index is 0.286. The number of rotatable bonds is 7. The third-order valence-corrected chi connectivity index (χ3v) is 5.70. The molecular formula is C21H30N4OS. The number of piperidine rings is 1. The van der Waals surface area contributed by atoms with E-state index < -0.39 is 0 Å². The quantitative estimate of drug-likeness (QED) is 0.581. The van der Waals surface area contributed by atoms with Gasteiger partial charge in [0.05, 0.1) is 10.7 Å². The molecule has 6 heteroatoms. The molecule has 0 bridgehead atoms. The number of likely N-dealkylation sites (tertiary alicyclic amines) is 1. The van der Waals surface area contributed by atoms with E-state index in [0.29, 0.717) is 0 Å². The van der Waals surface area contributed by atoms with Gasteiger partial charge in [0.25, 0.3) is 0 Å². The van der Waals surface area contributed by atoms with Crippen LogP contribution in [0.15, 0.2) is 40.7 Å². The standard InChI is InChI=1S/C21H30N4OS/c1-3-20-24-17(16-27-20)10-13-23-21(22-4-2)25-14-11-19(12-15-25)26-18-8-6-5-7-9-18/h5-9,16,19H,3-4,10-15H2,1-2H3,(H,22,23). The number of guanidine groups is 1. The van der Waals surface area contributed by atoms with Crippen LogP contribution in [0.5, 0.6) is 5.75 Å². The Morgan fingerprint density at radius 3 is 2.70 bits per heavy atom. The van der Waals surface area contributed by atoms with Crippen molar-refractivity contribution < 1.29 is 4.74 Å². The topological polar surface area (TPSA) is 49.8 Å². The molecule has 0 saturated carbocycles. The summed E-state index contributed by atoms with van der Waals surface area (Å²) in [6.45, 7) is 7.87. The molecule has 27 heavy (non-hydrogen) atoms. The van der Waals surface area contributed by atoms with Crippen molar-refractivity contribution in [3.63, 3.8) is 0 Å². The lowest BCUT2D eigenvalue weighted by Crippen LogP contribution is -2.47. The van der Waals surface area contributed by atoms with Crippen molar-refractivity contribution in [2.75, 3.05) is 26.2 Å². The molecule has 0 unspecified atom stereocenters. The first kappa shape index (κ1) is 19.7. The van der Waals surface area contributed by atoms with Crippen molar-refractivity contribution in [2.24, 2.45) is 4.99 Å². The van der Waals surface area contributed by atoms with Crippen LogP contribution in [0.25, 0.3) is 0 Å². The van der Waals surface area contributed by atoms with Crippen molar-refractivity contribution in [2.45, 2.75) is 45.6 Å². The van der Waals surface area contributed by atoms with Crippen LogP contribution in [0.1, 0.15) is 37.4 Å². The maximum atomic E-state index is 6.10. The molecule has 1 aliphatic heterocycles. The number of hydrogen-bond donors (Lipinski definition) is 1. The van der Waals surface area contributed by atoms with Crippen molar-refractivity contribution in [3.8, 4) is 5.75 Å². The fourth-order valence-electron chi connectivity index (χ4n) is 3.21. The van der Waals surface area contributed by atoms with E-state index in [2.05, 4.69) is 34.4 Å². The van der Waals surface area contributed by atoms with E-state index in [1.54, 1.807) is 11.3 Å². The number of hydrogen-bond acceptors (Lipinski definition) is 4. The molecule has 1 aliphatic rings. The van der Waals surface area contributed by atoms with Crippen LogP contribution in [0.4, 0.5) is 0 Å². The van der Waals surface area contributed by atoms with Crippen molar-refractivity contribution in [1.29, 1.82) is 0 Å². The molecule has 0 radical (unpaired) electrons. The summed E-state index contributed by atoms with van der Waals surface area (Å²) in [5.74, 6) is 1.98. The minimum absolute atomic E-state index is 0.286. The Morgan fingerprint density at radius 2 is 2.04 bits per heavy atom. The number of aryl methyl sites for hydroxylation is 1. The minimum Gasteiger partial charge on any atom is -0.490 e. The molecule has 0 spiro atoms. The SMILES string of the molecule is CCNC(=NCCc1csc(CC)n1)N1CCC(Oc2ccccc2)CC1. The Bertz CT molecular complexity index is 708. The third-order valence-electron chi connectivity index (χ3n) is 4.65. The first-order chi connectivity index (χ1) is 13.3. The van der Waals surface area contributed by atoms with Gasteiger partial charge in [0.2, 0.25) is 0 Å². The molecule has 1 aromatic carbocycles. The number of ether oxygens (including phenoxy) is 1. The molecule has 1 saturated heterocycles. The third kappa shape index (κ3) is 5.96. The zero-order chi connectivity index (χ0) is 18.9. The number of aromatic nitrogens is 1. The second-order valence-electron chi connectivity index (χ2n) is 6.69. The van der Waals surface area contributed by atoms with Gasteiger partial charge in [-0.15, -0.1) is 11.3 Å². The Labute approximate surface area is 166 Å². The maximum absolute atomic E-state index is 6.10. The number of nitrogens with zero attached hydrogens (tertiary/aromatic N) is 3. The summed E-state index contributed by atoms with van der Waals surface area (Å²) in [5, 5.41) is 6.81. The van der Waals surface area contributed by atoms with Crippen molar-refractivity contribution in [1.82, 2.24) is 15.2 Å². The molecule has 1 aromatic heterocycles. The van der Waals surface area contributed by atoms with E-state index >= 15 is 0 Å². The van der Waals surface area contributed by atoms with E-state index in [0.717, 1.165) is 69.3 Å². The van der Waals surface area contributed by atoms with Gasteiger partial charge in [0.1, 0.15) is 11.9 Å². The fraction of sp³-hybridized carbons (Fsp3) is 0.524. The highest BCUT2D eigenvalue weighted by atomic mass is 32.1. The van der Waals surface area contributed by atoms with Gasteiger partial charge in [0, 0.05) is 50.8 Å². The molecule has 1 fully saturated rings. The van der Waals surface area contributed by atoms with Crippen molar-refractivity contribution >= 4 is 17.3 Å². The average molecular weight is 387 g/mol. The first-order valence-corrected chi connectivity index (χ1v) is 10.8. The van der Waals surface area contributed by atoms with E-state index in [4.69, 9.17) is 9.73 Å². The van der Waals surface area contributed by atoms with Gasteiger partial charge in [-0.1, -0.05) is 25.1 Å².